The van der Waals surface area contributed by atoms with Crippen molar-refractivity contribution in [3.05, 3.63) is 0 Å². The van der Waals surface area contributed by atoms with Crippen LogP contribution in [-0.4, -0.2) is 35.8 Å². The molecule has 0 unspecified atom stereocenters. The summed E-state index contributed by atoms with van der Waals surface area (Å²) in [5, 5.41) is 16.7. The Morgan fingerprint density at radius 1 is 1.28 bits per heavy atom. The second kappa shape index (κ2) is 7.53. The maximum atomic E-state index is 10.0. The smallest absolute Gasteiger partial charge is 0.191 e. The second-order valence-electron chi connectivity index (χ2n) is 5.40. The molecule has 2 rings (SSSR count). The minimum absolute atomic E-state index is 0. The van der Waals surface area contributed by atoms with Gasteiger partial charge in [-0.2, -0.15) is 0 Å². The summed E-state index contributed by atoms with van der Waals surface area (Å²) in [6.07, 6.45) is 8.07. The largest absolute Gasteiger partial charge is 0.388 e. The zero-order chi connectivity index (χ0) is 12.1. The molecule has 106 valence electrons. The van der Waals surface area contributed by atoms with Crippen molar-refractivity contribution in [2.75, 3.05) is 13.1 Å². The minimum Gasteiger partial charge on any atom is -0.388 e. The minimum atomic E-state index is -0.516. The van der Waals surface area contributed by atoms with Crippen molar-refractivity contribution in [1.29, 1.82) is 0 Å². The number of hydrogen-bond donors (Lipinski definition) is 3. The number of nitrogens with zero attached hydrogens (tertiary/aromatic N) is 1. The average molecular weight is 367 g/mol. The Balaban J connectivity index is 0.00000162. The lowest BCUT2D eigenvalue weighted by Crippen LogP contribution is -2.45. The van der Waals surface area contributed by atoms with Crippen LogP contribution >= 0.6 is 24.0 Å². The monoisotopic (exact) mass is 367 g/mol. The molecule has 0 amide bonds. The quantitative estimate of drug-likeness (QED) is 0.405. The summed E-state index contributed by atoms with van der Waals surface area (Å²) >= 11 is 0. The van der Waals surface area contributed by atoms with Crippen LogP contribution in [0.4, 0.5) is 0 Å². The van der Waals surface area contributed by atoms with E-state index in [0.29, 0.717) is 12.6 Å². The highest BCUT2D eigenvalue weighted by atomic mass is 127. The van der Waals surface area contributed by atoms with Gasteiger partial charge in [0.05, 0.1) is 12.1 Å². The summed E-state index contributed by atoms with van der Waals surface area (Å²) in [6.45, 7) is 3.48. The summed E-state index contributed by atoms with van der Waals surface area (Å²) in [5.41, 5.74) is -0.516. The molecular weight excluding hydrogens is 341 g/mol. The molecule has 0 aromatic rings. The fraction of sp³-hybridized carbons (Fsp3) is 0.923. The molecule has 0 aromatic heterocycles. The van der Waals surface area contributed by atoms with Crippen LogP contribution in [0.5, 0.6) is 0 Å². The predicted octanol–water partition coefficient (Wildman–Crippen LogP) is 2.02. The van der Waals surface area contributed by atoms with E-state index in [4.69, 9.17) is 0 Å². The molecule has 0 radical (unpaired) electrons. The lowest BCUT2D eigenvalue weighted by Gasteiger charge is -2.35. The molecular formula is C13H26IN3O. The molecule has 0 atom stereocenters. The number of halogens is 1. The molecule has 0 saturated heterocycles. The molecule has 0 aliphatic heterocycles. The normalized spacial score (nSPS) is 23.1. The maximum Gasteiger partial charge on any atom is 0.191 e. The molecule has 4 nitrogen and oxygen atoms in total. The predicted molar refractivity (Wildman–Crippen MR) is 85.6 cm³/mol. The van der Waals surface area contributed by atoms with E-state index in [1.54, 1.807) is 0 Å². The molecule has 2 aliphatic rings. The van der Waals surface area contributed by atoms with Crippen molar-refractivity contribution in [3.8, 4) is 0 Å². The van der Waals surface area contributed by atoms with Gasteiger partial charge in [0.15, 0.2) is 5.96 Å². The topological polar surface area (TPSA) is 56.7 Å². The van der Waals surface area contributed by atoms with Gasteiger partial charge in [-0.05, 0) is 39.0 Å². The molecule has 2 aliphatic carbocycles. The van der Waals surface area contributed by atoms with Gasteiger partial charge in [0.1, 0.15) is 0 Å². The van der Waals surface area contributed by atoms with Gasteiger partial charge in [-0.3, -0.25) is 4.99 Å². The summed E-state index contributed by atoms with van der Waals surface area (Å²) in [4.78, 5) is 4.52. The molecule has 2 fully saturated rings. The van der Waals surface area contributed by atoms with Crippen molar-refractivity contribution in [3.63, 3.8) is 0 Å². The third-order valence-corrected chi connectivity index (χ3v) is 3.86. The Morgan fingerprint density at radius 3 is 2.44 bits per heavy atom. The summed E-state index contributed by atoms with van der Waals surface area (Å²) < 4.78 is 0. The van der Waals surface area contributed by atoms with Crippen molar-refractivity contribution < 1.29 is 5.11 Å². The van der Waals surface area contributed by atoms with E-state index in [9.17, 15) is 5.11 Å². The van der Waals surface area contributed by atoms with E-state index in [-0.39, 0.29) is 24.0 Å². The van der Waals surface area contributed by atoms with Crippen molar-refractivity contribution in [1.82, 2.24) is 10.6 Å². The van der Waals surface area contributed by atoms with Gasteiger partial charge in [0.2, 0.25) is 0 Å². The average Bonchev–Trinajstić information content (AvgIpc) is 2.76. The first-order chi connectivity index (χ1) is 8.22. The first-order valence-electron chi connectivity index (χ1n) is 6.99. The van der Waals surface area contributed by atoms with Gasteiger partial charge < -0.3 is 15.7 Å². The van der Waals surface area contributed by atoms with Crippen molar-refractivity contribution in [2.24, 2.45) is 4.99 Å². The van der Waals surface area contributed by atoms with E-state index in [1.165, 1.54) is 25.7 Å². The molecule has 0 heterocycles. The van der Waals surface area contributed by atoms with Crippen molar-refractivity contribution >= 4 is 29.9 Å². The molecule has 18 heavy (non-hydrogen) atoms. The Bertz CT molecular complexity index is 273. The second-order valence-corrected chi connectivity index (χ2v) is 5.40. The van der Waals surface area contributed by atoms with Crippen molar-refractivity contribution in [2.45, 2.75) is 63.5 Å². The number of aliphatic imine (C=N–C) groups is 1. The van der Waals surface area contributed by atoms with Crippen LogP contribution < -0.4 is 10.6 Å². The van der Waals surface area contributed by atoms with Gasteiger partial charge in [-0.1, -0.05) is 12.8 Å². The van der Waals surface area contributed by atoms with Gasteiger partial charge in [0, 0.05) is 12.6 Å². The Hall–Kier alpha value is -0.0400. The van der Waals surface area contributed by atoms with Gasteiger partial charge in [-0.15, -0.1) is 24.0 Å². The highest BCUT2D eigenvalue weighted by molar-refractivity contribution is 14.0. The van der Waals surface area contributed by atoms with Crippen LogP contribution in [0.3, 0.4) is 0 Å². The highest BCUT2D eigenvalue weighted by Gasteiger charge is 2.34. The van der Waals surface area contributed by atoms with Crippen LogP contribution in [0.1, 0.15) is 51.9 Å². The number of aliphatic hydroxyl groups is 1. The third kappa shape index (κ3) is 4.57. The molecule has 0 spiro atoms. The van der Waals surface area contributed by atoms with Crippen LogP contribution in [0.2, 0.25) is 0 Å². The summed E-state index contributed by atoms with van der Waals surface area (Å²) in [6, 6.07) is 0.573. The van der Waals surface area contributed by atoms with E-state index in [2.05, 4.69) is 22.5 Å². The lowest BCUT2D eigenvalue weighted by atomic mass is 9.80. The SMILES string of the molecule is CCNC(=NCC1(O)CCC1)NC1CCCC1.I. The Kier molecular flexibility index (Phi) is 6.70. The van der Waals surface area contributed by atoms with Crippen LogP contribution in [0.15, 0.2) is 4.99 Å². The number of guanidine groups is 1. The number of rotatable bonds is 4. The molecule has 0 aromatic carbocycles. The van der Waals surface area contributed by atoms with E-state index < -0.39 is 5.60 Å². The third-order valence-electron chi connectivity index (χ3n) is 3.86. The van der Waals surface area contributed by atoms with Crippen LogP contribution in [0, 0.1) is 0 Å². The standard InChI is InChI=1S/C13H25N3O.HI/c1-2-14-12(16-11-6-3-4-7-11)15-10-13(17)8-5-9-13;/h11,17H,2-10H2,1H3,(H2,14,15,16);1H. The van der Waals surface area contributed by atoms with Gasteiger partial charge in [-0.25, -0.2) is 0 Å². The molecule has 5 heteroatoms. The van der Waals surface area contributed by atoms with Crippen LogP contribution in [-0.2, 0) is 0 Å². The maximum absolute atomic E-state index is 10.0. The number of nitrogens with one attached hydrogen (secondary N) is 2. The molecule has 0 bridgehead atoms. The zero-order valence-electron chi connectivity index (χ0n) is 11.2. The summed E-state index contributed by atoms with van der Waals surface area (Å²) in [7, 11) is 0. The van der Waals surface area contributed by atoms with E-state index in [0.717, 1.165) is 31.8 Å². The van der Waals surface area contributed by atoms with E-state index in [1.807, 2.05) is 0 Å². The fourth-order valence-corrected chi connectivity index (χ4v) is 2.55. The molecule has 2 saturated carbocycles. The first kappa shape index (κ1) is 16.0. The van der Waals surface area contributed by atoms with Gasteiger partial charge >= 0.3 is 0 Å². The Morgan fingerprint density at radius 2 is 1.94 bits per heavy atom. The summed E-state index contributed by atoms with van der Waals surface area (Å²) in [5.74, 6) is 0.875. The van der Waals surface area contributed by atoms with E-state index >= 15 is 0 Å². The Labute approximate surface area is 127 Å². The zero-order valence-corrected chi connectivity index (χ0v) is 13.6. The van der Waals surface area contributed by atoms with Crippen LogP contribution in [0.25, 0.3) is 0 Å². The first-order valence-corrected chi connectivity index (χ1v) is 6.99. The molecule has 3 N–H and O–H groups in total. The number of hydrogen-bond acceptors (Lipinski definition) is 2. The lowest BCUT2D eigenvalue weighted by molar-refractivity contribution is -0.0236. The highest BCUT2D eigenvalue weighted by Crippen LogP contribution is 2.31. The fourth-order valence-electron chi connectivity index (χ4n) is 2.55. The van der Waals surface area contributed by atoms with Gasteiger partial charge in [0.25, 0.3) is 0 Å².